The summed E-state index contributed by atoms with van der Waals surface area (Å²) >= 11 is 0. The predicted octanol–water partition coefficient (Wildman–Crippen LogP) is 2.97. The van der Waals surface area contributed by atoms with Gasteiger partial charge in [-0.05, 0) is 48.9 Å². The Hall–Kier alpha value is -1.08. The van der Waals surface area contributed by atoms with Crippen LogP contribution in [-0.2, 0) is 6.42 Å². The number of nitrogens with one attached hydrogen (secondary N) is 1. The molecule has 1 N–H and O–H groups in total. The molecule has 0 spiro atoms. The van der Waals surface area contributed by atoms with Crippen molar-refractivity contribution in [2.24, 2.45) is 5.92 Å². The summed E-state index contributed by atoms with van der Waals surface area (Å²) in [6.45, 7) is 7.45. The van der Waals surface area contributed by atoms with Gasteiger partial charge >= 0.3 is 0 Å². The third kappa shape index (κ3) is 1.35. The highest BCUT2D eigenvalue weighted by molar-refractivity contribution is 5.56. The van der Waals surface area contributed by atoms with Crippen LogP contribution in [-0.4, -0.2) is 12.6 Å². The van der Waals surface area contributed by atoms with Crippen molar-refractivity contribution in [1.82, 2.24) is 5.32 Å². The zero-order valence-corrected chi connectivity index (χ0v) is 9.87. The first-order valence-corrected chi connectivity index (χ1v) is 6.29. The van der Waals surface area contributed by atoms with Crippen LogP contribution in [0.3, 0.4) is 0 Å². The minimum atomic E-state index is 0.629. The summed E-state index contributed by atoms with van der Waals surface area (Å²) in [5, 5.41) is 3.61. The normalized spacial score (nSPS) is 31.9. The zero-order chi connectivity index (χ0) is 11.1. The molecule has 1 fully saturated rings. The van der Waals surface area contributed by atoms with E-state index in [4.69, 9.17) is 0 Å². The molecule has 0 aromatic heterocycles. The fourth-order valence-electron chi connectivity index (χ4n) is 3.55. The Morgan fingerprint density at radius 2 is 2.31 bits per heavy atom. The highest BCUT2D eigenvalue weighted by atomic mass is 15.0. The van der Waals surface area contributed by atoms with Gasteiger partial charge in [0.15, 0.2) is 0 Å². The van der Waals surface area contributed by atoms with E-state index in [0.29, 0.717) is 6.04 Å². The Morgan fingerprint density at radius 1 is 1.44 bits per heavy atom. The molecule has 1 aliphatic heterocycles. The fourth-order valence-corrected chi connectivity index (χ4v) is 3.55. The minimum absolute atomic E-state index is 0.629. The van der Waals surface area contributed by atoms with Crippen LogP contribution in [0, 0.1) is 5.92 Å². The van der Waals surface area contributed by atoms with Crippen molar-refractivity contribution in [3.05, 3.63) is 41.5 Å². The molecule has 1 aliphatic carbocycles. The van der Waals surface area contributed by atoms with E-state index in [1.54, 1.807) is 11.1 Å². The Balaban J connectivity index is 2.11. The van der Waals surface area contributed by atoms with E-state index in [-0.39, 0.29) is 0 Å². The van der Waals surface area contributed by atoms with Crippen LogP contribution in [0.25, 0.3) is 6.08 Å². The molecule has 3 rings (SSSR count). The van der Waals surface area contributed by atoms with Gasteiger partial charge in [0.25, 0.3) is 0 Å². The van der Waals surface area contributed by atoms with E-state index < -0.39 is 0 Å². The van der Waals surface area contributed by atoms with E-state index in [2.05, 4.69) is 37.0 Å². The van der Waals surface area contributed by atoms with Gasteiger partial charge in [-0.15, -0.1) is 0 Å². The summed E-state index contributed by atoms with van der Waals surface area (Å²) in [4.78, 5) is 0. The summed E-state index contributed by atoms with van der Waals surface area (Å²) in [7, 11) is 0. The largest absolute Gasteiger partial charge is 0.313 e. The zero-order valence-electron chi connectivity index (χ0n) is 9.87. The molecule has 84 valence electrons. The quantitative estimate of drug-likeness (QED) is 0.756. The van der Waals surface area contributed by atoms with Crippen LogP contribution >= 0.6 is 0 Å². The molecule has 1 heteroatoms. The van der Waals surface area contributed by atoms with Crippen LogP contribution in [0.4, 0.5) is 0 Å². The molecule has 1 aromatic carbocycles. The van der Waals surface area contributed by atoms with Gasteiger partial charge in [-0.1, -0.05) is 30.9 Å². The van der Waals surface area contributed by atoms with Gasteiger partial charge in [0.05, 0.1) is 0 Å². The molecule has 16 heavy (non-hydrogen) atoms. The molecule has 0 amide bonds. The lowest BCUT2D eigenvalue weighted by Crippen LogP contribution is -2.25. The number of hydrogen-bond acceptors (Lipinski definition) is 1. The summed E-state index contributed by atoms with van der Waals surface area (Å²) in [6.07, 6.45) is 4.57. The fraction of sp³-hybridized carbons (Fsp3) is 0.467. The number of benzene rings is 1. The summed E-state index contributed by atoms with van der Waals surface area (Å²) in [5.41, 5.74) is 4.47. The standard InChI is InChI=1S/C15H19N/c1-3-11-5-4-6-14-13(11)8-7-12-9-16-10(2)15(12)14/h3-6,10,12,15-16H,1,7-9H2,2H3. The predicted molar refractivity (Wildman–Crippen MR) is 68.5 cm³/mol. The second-order valence-electron chi connectivity index (χ2n) is 5.14. The van der Waals surface area contributed by atoms with Crippen molar-refractivity contribution >= 4 is 6.08 Å². The SMILES string of the molecule is C=Cc1cccc2c1CCC1CNC(C)C21. The monoisotopic (exact) mass is 213 g/mol. The van der Waals surface area contributed by atoms with Gasteiger partial charge in [-0.25, -0.2) is 0 Å². The summed E-state index contributed by atoms with van der Waals surface area (Å²) < 4.78 is 0. The Kier molecular flexibility index (Phi) is 2.36. The Morgan fingerprint density at radius 3 is 3.12 bits per heavy atom. The van der Waals surface area contributed by atoms with Crippen molar-refractivity contribution in [1.29, 1.82) is 0 Å². The van der Waals surface area contributed by atoms with E-state index in [1.807, 2.05) is 6.08 Å². The first kappa shape index (κ1) is 10.1. The molecule has 1 saturated heterocycles. The first-order valence-electron chi connectivity index (χ1n) is 6.29. The summed E-state index contributed by atoms with van der Waals surface area (Å²) in [6, 6.07) is 7.33. The molecule has 0 saturated carbocycles. The van der Waals surface area contributed by atoms with Gasteiger partial charge in [-0.2, -0.15) is 0 Å². The lowest BCUT2D eigenvalue weighted by Gasteiger charge is -2.31. The highest BCUT2D eigenvalue weighted by Gasteiger charge is 2.38. The van der Waals surface area contributed by atoms with Gasteiger partial charge in [0, 0.05) is 12.0 Å². The molecular formula is C15H19N. The van der Waals surface area contributed by atoms with Crippen LogP contribution in [0.15, 0.2) is 24.8 Å². The van der Waals surface area contributed by atoms with Crippen molar-refractivity contribution in [2.75, 3.05) is 6.54 Å². The second-order valence-corrected chi connectivity index (χ2v) is 5.14. The van der Waals surface area contributed by atoms with Crippen molar-refractivity contribution in [3.63, 3.8) is 0 Å². The lowest BCUT2D eigenvalue weighted by atomic mass is 9.73. The highest BCUT2D eigenvalue weighted by Crippen LogP contribution is 2.42. The molecule has 0 bridgehead atoms. The average molecular weight is 213 g/mol. The van der Waals surface area contributed by atoms with Crippen molar-refractivity contribution in [3.8, 4) is 0 Å². The van der Waals surface area contributed by atoms with Crippen LogP contribution in [0.2, 0.25) is 0 Å². The molecule has 1 aromatic rings. The maximum atomic E-state index is 3.93. The smallest absolute Gasteiger partial charge is 0.0111 e. The van der Waals surface area contributed by atoms with E-state index in [0.717, 1.165) is 11.8 Å². The van der Waals surface area contributed by atoms with Gasteiger partial charge < -0.3 is 5.32 Å². The summed E-state index contributed by atoms with van der Waals surface area (Å²) in [5.74, 6) is 1.58. The second kappa shape index (κ2) is 3.74. The maximum absolute atomic E-state index is 3.93. The van der Waals surface area contributed by atoms with E-state index in [1.165, 1.54) is 24.9 Å². The van der Waals surface area contributed by atoms with Gasteiger partial charge in [0.2, 0.25) is 0 Å². The lowest BCUT2D eigenvalue weighted by molar-refractivity contribution is 0.426. The Bertz CT molecular complexity index is 421. The van der Waals surface area contributed by atoms with Crippen LogP contribution < -0.4 is 5.32 Å². The first-order chi connectivity index (χ1) is 7.81. The Labute approximate surface area is 97.6 Å². The average Bonchev–Trinajstić information content (AvgIpc) is 2.70. The molecule has 1 heterocycles. The van der Waals surface area contributed by atoms with Crippen molar-refractivity contribution < 1.29 is 0 Å². The molecule has 0 radical (unpaired) electrons. The molecule has 2 aliphatic rings. The number of rotatable bonds is 1. The number of fused-ring (bicyclic) bond motifs is 3. The van der Waals surface area contributed by atoms with Crippen molar-refractivity contribution in [2.45, 2.75) is 31.7 Å². The van der Waals surface area contributed by atoms with Gasteiger partial charge in [0.1, 0.15) is 0 Å². The van der Waals surface area contributed by atoms with Crippen LogP contribution in [0.1, 0.15) is 36.0 Å². The molecular weight excluding hydrogens is 194 g/mol. The molecule has 1 nitrogen and oxygen atoms in total. The van der Waals surface area contributed by atoms with E-state index in [9.17, 15) is 0 Å². The topological polar surface area (TPSA) is 12.0 Å². The van der Waals surface area contributed by atoms with Gasteiger partial charge in [-0.3, -0.25) is 0 Å². The molecule has 3 atom stereocenters. The van der Waals surface area contributed by atoms with Crippen LogP contribution in [0.5, 0.6) is 0 Å². The third-order valence-electron chi connectivity index (χ3n) is 4.34. The molecule has 3 unspecified atom stereocenters. The maximum Gasteiger partial charge on any atom is 0.0111 e. The minimum Gasteiger partial charge on any atom is -0.313 e. The number of hydrogen-bond donors (Lipinski definition) is 1. The third-order valence-corrected chi connectivity index (χ3v) is 4.34. The van der Waals surface area contributed by atoms with E-state index >= 15 is 0 Å².